The lowest BCUT2D eigenvalue weighted by Gasteiger charge is -2.09. The molecule has 0 N–H and O–H groups in total. The summed E-state index contributed by atoms with van der Waals surface area (Å²) in [5.74, 6) is 0.433. The summed E-state index contributed by atoms with van der Waals surface area (Å²) in [6, 6.07) is 23.2. The van der Waals surface area contributed by atoms with Crippen LogP contribution in [0.2, 0.25) is 0 Å². The highest BCUT2D eigenvalue weighted by atomic mass is 32.2. The Kier molecular flexibility index (Phi) is 6.11. The summed E-state index contributed by atoms with van der Waals surface area (Å²) in [4.78, 5) is 5.32. The smallest absolute Gasteiger partial charge is 0.310 e. The van der Waals surface area contributed by atoms with E-state index in [1.54, 1.807) is 36.2 Å². The Labute approximate surface area is 186 Å². The number of pyridine rings is 1. The Balaban J connectivity index is 1.87. The monoisotopic (exact) mass is 451 g/mol. The van der Waals surface area contributed by atoms with Crippen LogP contribution in [0.5, 0.6) is 5.88 Å². The highest BCUT2D eigenvalue weighted by Crippen LogP contribution is 2.36. The van der Waals surface area contributed by atoms with Crippen molar-refractivity contribution in [2.45, 2.75) is 11.8 Å². The average Bonchev–Trinajstić information content (AvgIpc) is 3.22. The van der Waals surface area contributed by atoms with Crippen molar-refractivity contribution in [1.82, 2.24) is 14.8 Å². The molecule has 4 rings (SSSR count). The molecule has 0 aliphatic carbocycles. The maximum absolute atomic E-state index is 12.2. The highest BCUT2D eigenvalue weighted by Gasteiger charge is 2.20. The van der Waals surface area contributed by atoms with Gasteiger partial charge in [-0.15, -0.1) is 11.8 Å². The van der Waals surface area contributed by atoms with Crippen molar-refractivity contribution in [1.29, 1.82) is 0 Å². The molecule has 0 aliphatic heterocycles. The maximum Gasteiger partial charge on any atom is 0.310 e. The first-order chi connectivity index (χ1) is 15.0. The molecule has 0 bridgehead atoms. The van der Waals surface area contributed by atoms with Gasteiger partial charge in [0.25, 0.3) is 0 Å². The SMILES string of the molecule is CCS(=O)(=O)Oc1cc(-c2cc(-c3ccccc3)ccc2SC)nn1-c1ccccn1. The molecule has 158 valence electrons. The minimum Gasteiger partial charge on any atom is -0.361 e. The van der Waals surface area contributed by atoms with Crippen molar-refractivity contribution in [3.63, 3.8) is 0 Å². The zero-order chi connectivity index (χ0) is 21.8. The van der Waals surface area contributed by atoms with Gasteiger partial charge < -0.3 is 4.18 Å². The molecule has 0 unspecified atom stereocenters. The third-order valence-corrected chi connectivity index (χ3v) is 6.62. The van der Waals surface area contributed by atoms with Crippen molar-refractivity contribution < 1.29 is 12.6 Å². The van der Waals surface area contributed by atoms with E-state index in [9.17, 15) is 8.42 Å². The summed E-state index contributed by atoms with van der Waals surface area (Å²) >= 11 is 1.60. The number of hydrogen-bond acceptors (Lipinski definition) is 6. The van der Waals surface area contributed by atoms with E-state index < -0.39 is 10.1 Å². The van der Waals surface area contributed by atoms with E-state index in [2.05, 4.69) is 22.2 Å². The fraction of sp³-hybridized carbons (Fsp3) is 0.130. The maximum atomic E-state index is 12.2. The fourth-order valence-corrected chi connectivity index (χ4v) is 4.19. The van der Waals surface area contributed by atoms with Crippen LogP contribution < -0.4 is 4.18 Å². The quantitative estimate of drug-likeness (QED) is 0.289. The van der Waals surface area contributed by atoms with Crippen LogP contribution in [0, 0.1) is 0 Å². The van der Waals surface area contributed by atoms with E-state index >= 15 is 0 Å². The van der Waals surface area contributed by atoms with Crippen LogP contribution in [0.4, 0.5) is 0 Å². The molecule has 0 fully saturated rings. The van der Waals surface area contributed by atoms with Crippen molar-refractivity contribution in [2.75, 3.05) is 12.0 Å². The Hall–Kier alpha value is -3.10. The number of nitrogens with zero attached hydrogens (tertiary/aromatic N) is 3. The van der Waals surface area contributed by atoms with E-state index in [0.717, 1.165) is 21.6 Å². The highest BCUT2D eigenvalue weighted by molar-refractivity contribution is 7.98. The number of rotatable bonds is 7. The first-order valence-corrected chi connectivity index (χ1v) is 12.5. The second kappa shape index (κ2) is 8.95. The summed E-state index contributed by atoms with van der Waals surface area (Å²) in [5.41, 5.74) is 3.63. The Morgan fingerprint density at radius 3 is 2.42 bits per heavy atom. The molecular formula is C23H21N3O3S2. The fourth-order valence-electron chi connectivity index (χ4n) is 3.11. The number of thioether (sulfide) groups is 1. The van der Waals surface area contributed by atoms with Crippen LogP contribution in [0.1, 0.15) is 6.92 Å². The van der Waals surface area contributed by atoms with E-state index in [1.807, 2.05) is 48.7 Å². The van der Waals surface area contributed by atoms with Crippen LogP contribution in [-0.2, 0) is 10.1 Å². The van der Waals surface area contributed by atoms with Gasteiger partial charge in [-0.05, 0) is 48.6 Å². The van der Waals surface area contributed by atoms with Gasteiger partial charge in [-0.1, -0.05) is 42.5 Å². The standard InChI is InChI=1S/C23H21N3O3S2/c1-3-31(27,28)29-23-16-20(25-26(23)22-11-7-8-14-24-22)19-15-18(12-13-21(19)30-2)17-9-5-4-6-10-17/h4-16H,3H2,1-2H3. The van der Waals surface area contributed by atoms with E-state index in [0.29, 0.717) is 11.5 Å². The van der Waals surface area contributed by atoms with Gasteiger partial charge in [0, 0.05) is 22.7 Å². The molecule has 0 atom stereocenters. The zero-order valence-corrected chi connectivity index (χ0v) is 18.7. The summed E-state index contributed by atoms with van der Waals surface area (Å²) in [6.07, 6.45) is 3.62. The molecule has 4 aromatic rings. The zero-order valence-electron chi connectivity index (χ0n) is 17.1. The molecule has 6 nitrogen and oxygen atoms in total. The van der Waals surface area contributed by atoms with Gasteiger partial charge in [-0.25, -0.2) is 4.98 Å². The van der Waals surface area contributed by atoms with Gasteiger partial charge >= 0.3 is 10.1 Å². The molecule has 2 aromatic carbocycles. The second-order valence-electron chi connectivity index (χ2n) is 6.68. The minimum atomic E-state index is -3.73. The lowest BCUT2D eigenvalue weighted by atomic mass is 10.0. The van der Waals surface area contributed by atoms with Crippen molar-refractivity contribution in [2.24, 2.45) is 0 Å². The van der Waals surface area contributed by atoms with Gasteiger partial charge in [0.2, 0.25) is 5.88 Å². The van der Waals surface area contributed by atoms with Gasteiger partial charge in [0.15, 0.2) is 5.82 Å². The number of hydrogen-bond donors (Lipinski definition) is 0. The molecule has 2 aromatic heterocycles. The molecule has 2 heterocycles. The normalized spacial score (nSPS) is 11.4. The van der Waals surface area contributed by atoms with Gasteiger partial charge in [0.05, 0.1) is 11.4 Å². The summed E-state index contributed by atoms with van der Waals surface area (Å²) < 4.78 is 31.1. The van der Waals surface area contributed by atoms with Gasteiger partial charge in [0.1, 0.15) is 0 Å². The molecule has 0 radical (unpaired) electrons. The van der Waals surface area contributed by atoms with Gasteiger partial charge in [-0.3, -0.25) is 0 Å². The second-order valence-corrected chi connectivity index (χ2v) is 9.39. The van der Waals surface area contributed by atoms with Crippen LogP contribution in [0.25, 0.3) is 28.2 Å². The van der Waals surface area contributed by atoms with Crippen LogP contribution in [-0.4, -0.2) is 35.2 Å². The molecule has 0 aliphatic rings. The average molecular weight is 452 g/mol. The van der Waals surface area contributed by atoms with Crippen molar-refractivity contribution >= 4 is 21.9 Å². The van der Waals surface area contributed by atoms with Crippen LogP contribution in [0.3, 0.4) is 0 Å². The largest absolute Gasteiger partial charge is 0.361 e. The molecule has 0 amide bonds. The first kappa shape index (κ1) is 21.1. The predicted octanol–water partition coefficient (Wildman–Crippen LogP) is 5.05. The topological polar surface area (TPSA) is 74.1 Å². The van der Waals surface area contributed by atoms with Crippen molar-refractivity contribution in [3.8, 4) is 34.1 Å². The van der Waals surface area contributed by atoms with Crippen molar-refractivity contribution in [3.05, 3.63) is 79.0 Å². The lowest BCUT2D eigenvalue weighted by molar-refractivity contribution is 0.465. The van der Waals surface area contributed by atoms with Gasteiger partial charge in [-0.2, -0.15) is 18.2 Å². The summed E-state index contributed by atoms with van der Waals surface area (Å²) in [7, 11) is -3.73. The minimum absolute atomic E-state index is 0.104. The predicted molar refractivity (Wildman–Crippen MR) is 124 cm³/mol. The molecule has 31 heavy (non-hydrogen) atoms. The Morgan fingerprint density at radius 1 is 0.968 bits per heavy atom. The molecule has 0 saturated carbocycles. The Bertz CT molecular complexity index is 1290. The number of benzene rings is 2. The Morgan fingerprint density at radius 2 is 1.74 bits per heavy atom. The van der Waals surface area contributed by atoms with E-state index in [-0.39, 0.29) is 11.6 Å². The summed E-state index contributed by atoms with van der Waals surface area (Å²) in [6.45, 7) is 1.53. The van der Waals surface area contributed by atoms with Crippen LogP contribution >= 0.6 is 11.8 Å². The molecular weight excluding hydrogens is 430 g/mol. The van der Waals surface area contributed by atoms with E-state index in [1.165, 1.54) is 11.6 Å². The third kappa shape index (κ3) is 4.65. The van der Waals surface area contributed by atoms with Crippen LogP contribution in [0.15, 0.2) is 83.9 Å². The number of aromatic nitrogens is 3. The lowest BCUT2D eigenvalue weighted by Crippen LogP contribution is -2.14. The summed E-state index contributed by atoms with van der Waals surface area (Å²) in [5, 5.41) is 4.66. The molecule has 0 spiro atoms. The molecule has 8 heteroatoms. The molecule has 0 saturated heterocycles. The third-order valence-electron chi connectivity index (χ3n) is 4.69. The van der Waals surface area contributed by atoms with E-state index in [4.69, 9.17) is 4.18 Å². The first-order valence-electron chi connectivity index (χ1n) is 9.68.